The van der Waals surface area contributed by atoms with Crippen LogP contribution in [-0.4, -0.2) is 15.4 Å². The Hall–Kier alpha value is -1.64. The lowest BCUT2D eigenvalue weighted by Crippen LogP contribution is -1.95. The lowest BCUT2D eigenvalue weighted by Gasteiger charge is -2.09. The van der Waals surface area contributed by atoms with E-state index in [-0.39, 0.29) is 0 Å². The first-order valence-corrected chi connectivity index (χ1v) is 13.3. The van der Waals surface area contributed by atoms with Crippen molar-refractivity contribution >= 4 is 0 Å². The molecular weight excluding hydrogens is 378 g/mol. The van der Waals surface area contributed by atoms with Crippen molar-refractivity contribution < 1.29 is 0 Å². The normalized spacial score (nSPS) is 11.3. The van der Waals surface area contributed by atoms with Gasteiger partial charge in [-0.1, -0.05) is 133 Å². The molecular formula is C28H47N3. The number of aromatic amines is 1. The fraction of sp³-hybridized carbons (Fsp3) is 0.714. The minimum atomic E-state index is 1.06. The molecule has 0 radical (unpaired) electrons. The number of nitrogens with zero attached hydrogens (tertiary/aromatic N) is 2. The summed E-state index contributed by atoms with van der Waals surface area (Å²) in [5.74, 6) is 0. The maximum Gasteiger partial charge on any atom is 0.116 e. The minimum absolute atomic E-state index is 1.06. The van der Waals surface area contributed by atoms with Gasteiger partial charge < -0.3 is 0 Å². The summed E-state index contributed by atoms with van der Waals surface area (Å²) in [6.07, 6.45) is 24.0. The molecule has 0 aliphatic carbocycles. The molecule has 0 saturated carbocycles. The van der Waals surface area contributed by atoms with Gasteiger partial charge in [0.1, 0.15) is 5.69 Å². The van der Waals surface area contributed by atoms with Crippen LogP contribution in [0, 0.1) is 0 Å². The molecule has 0 aliphatic heterocycles. The van der Waals surface area contributed by atoms with Crippen molar-refractivity contribution in [3.8, 4) is 11.3 Å². The zero-order valence-corrected chi connectivity index (χ0v) is 20.4. The third-order valence-corrected chi connectivity index (χ3v) is 6.47. The number of aryl methyl sites for hydroxylation is 2. The molecule has 3 heteroatoms. The van der Waals surface area contributed by atoms with Crippen molar-refractivity contribution in [2.75, 3.05) is 0 Å². The van der Waals surface area contributed by atoms with Gasteiger partial charge in [-0.25, -0.2) is 0 Å². The molecule has 31 heavy (non-hydrogen) atoms. The molecule has 3 nitrogen and oxygen atoms in total. The predicted molar refractivity (Wildman–Crippen MR) is 134 cm³/mol. The van der Waals surface area contributed by atoms with Crippen LogP contribution in [0.5, 0.6) is 0 Å². The van der Waals surface area contributed by atoms with Gasteiger partial charge in [0.05, 0.1) is 5.69 Å². The monoisotopic (exact) mass is 425 g/mol. The highest BCUT2D eigenvalue weighted by Gasteiger charge is 2.13. The van der Waals surface area contributed by atoms with E-state index >= 15 is 0 Å². The Bertz CT molecular complexity index is 676. The van der Waals surface area contributed by atoms with E-state index in [4.69, 9.17) is 0 Å². The van der Waals surface area contributed by atoms with Gasteiger partial charge in [-0.2, -0.15) is 0 Å². The fourth-order valence-electron chi connectivity index (χ4n) is 4.49. The highest BCUT2D eigenvalue weighted by molar-refractivity contribution is 5.65. The van der Waals surface area contributed by atoms with Crippen LogP contribution in [0.4, 0.5) is 0 Å². The van der Waals surface area contributed by atoms with Crippen LogP contribution in [0.25, 0.3) is 11.3 Å². The van der Waals surface area contributed by atoms with E-state index in [1.807, 2.05) is 0 Å². The number of aromatic nitrogens is 3. The van der Waals surface area contributed by atoms with E-state index < -0.39 is 0 Å². The number of H-pyrrole nitrogens is 1. The average molecular weight is 426 g/mol. The Kier molecular flexibility index (Phi) is 14.0. The summed E-state index contributed by atoms with van der Waals surface area (Å²) in [4.78, 5) is 0. The highest BCUT2D eigenvalue weighted by Crippen LogP contribution is 2.26. The molecule has 1 aromatic carbocycles. The Balaban J connectivity index is 1.72. The number of hydrogen-bond donors (Lipinski definition) is 1. The topological polar surface area (TPSA) is 41.6 Å². The first kappa shape index (κ1) is 25.6. The summed E-state index contributed by atoms with van der Waals surface area (Å²) in [5, 5.41) is 11.8. The summed E-state index contributed by atoms with van der Waals surface area (Å²) >= 11 is 0. The van der Waals surface area contributed by atoms with Crippen molar-refractivity contribution in [3.05, 3.63) is 35.5 Å². The smallest absolute Gasteiger partial charge is 0.116 e. The second-order valence-electron chi connectivity index (χ2n) is 9.25. The van der Waals surface area contributed by atoms with Crippen molar-refractivity contribution in [3.63, 3.8) is 0 Å². The largest absolute Gasteiger partial charge is 0.262 e. The van der Waals surface area contributed by atoms with Crippen LogP contribution in [0.1, 0.15) is 128 Å². The number of rotatable bonds is 19. The van der Waals surface area contributed by atoms with E-state index in [0.29, 0.717) is 0 Å². The summed E-state index contributed by atoms with van der Waals surface area (Å²) < 4.78 is 0. The van der Waals surface area contributed by atoms with Crippen LogP contribution in [0.2, 0.25) is 0 Å². The third kappa shape index (κ3) is 10.5. The van der Waals surface area contributed by atoms with Crippen molar-refractivity contribution in [2.24, 2.45) is 0 Å². The van der Waals surface area contributed by atoms with Gasteiger partial charge >= 0.3 is 0 Å². The van der Waals surface area contributed by atoms with Gasteiger partial charge in [0.15, 0.2) is 0 Å². The molecule has 0 fully saturated rings. The second-order valence-corrected chi connectivity index (χ2v) is 9.25. The lowest BCUT2D eigenvalue weighted by molar-refractivity contribution is 0.555. The van der Waals surface area contributed by atoms with Crippen LogP contribution in [0.15, 0.2) is 24.3 Å². The first-order chi connectivity index (χ1) is 15.4. The van der Waals surface area contributed by atoms with Crippen molar-refractivity contribution in [1.29, 1.82) is 0 Å². The molecule has 0 spiro atoms. The van der Waals surface area contributed by atoms with E-state index in [1.54, 1.807) is 0 Å². The molecule has 0 saturated heterocycles. The number of hydrogen-bond acceptors (Lipinski definition) is 2. The molecule has 0 unspecified atom stereocenters. The van der Waals surface area contributed by atoms with Gasteiger partial charge in [-0.3, -0.25) is 5.10 Å². The fourth-order valence-corrected chi connectivity index (χ4v) is 4.49. The quantitative estimate of drug-likeness (QED) is 0.228. The van der Waals surface area contributed by atoms with Gasteiger partial charge in [-0.05, 0) is 31.2 Å². The maximum atomic E-state index is 4.47. The molecule has 0 bridgehead atoms. The van der Waals surface area contributed by atoms with E-state index in [0.717, 1.165) is 18.5 Å². The Morgan fingerprint density at radius 3 is 1.74 bits per heavy atom. The summed E-state index contributed by atoms with van der Waals surface area (Å²) in [5.41, 5.74) is 5.01. The maximum absolute atomic E-state index is 4.47. The van der Waals surface area contributed by atoms with Gasteiger partial charge in [0.25, 0.3) is 0 Å². The minimum Gasteiger partial charge on any atom is -0.262 e. The summed E-state index contributed by atoms with van der Waals surface area (Å²) in [6, 6.07) is 8.81. The molecule has 1 heterocycles. The van der Waals surface area contributed by atoms with Crippen LogP contribution >= 0.6 is 0 Å². The van der Waals surface area contributed by atoms with Crippen molar-refractivity contribution in [1.82, 2.24) is 15.4 Å². The second kappa shape index (κ2) is 17.0. The molecule has 1 aromatic heterocycles. The van der Waals surface area contributed by atoms with E-state index in [2.05, 4.69) is 53.5 Å². The van der Waals surface area contributed by atoms with E-state index in [1.165, 1.54) is 120 Å². The predicted octanol–water partition coefficient (Wildman–Crippen LogP) is 8.84. The molecule has 0 aliphatic rings. The lowest BCUT2D eigenvalue weighted by atomic mass is 9.96. The molecule has 174 valence electrons. The molecule has 0 amide bonds. The van der Waals surface area contributed by atoms with Gasteiger partial charge in [-0.15, -0.1) is 5.10 Å². The Morgan fingerprint density at radius 1 is 0.613 bits per heavy atom. The SMILES string of the molecule is CCCCCCCCCCCCc1[nH]nnc1-c1ccccc1CCCCCCCC. The van der Waals surface area contributed by atoms with Gasteiger partial charge in [0, 0.05) is 5.56 Å². The third-order valence-electron chi connectivity index (χ3n) is 6.47. The summed E-state index contributed by atoms with van der Waals surface area (Å²) in [6.45, 7) is 4.57. The van der Waals surface area contributed by atoms with E-state index in [9.17, 15) is 0 Å². The zero-order chi connectivity index (χ0) is 22.0. The highest BCUT2D eigenvalue weighted by atomic mass is 15.3. The average Bonchev–Trinajstić information content (AvgIpc) is 3.26. The standard InChI is InChI=1S/C28H47N3/c1-3-5-7-9-11-12-13-14-16-18-24-27-28(30-31-29-27)26-23-20-19-22-25(26)21-17-15-10-8-6-4-2/h19-20,22-23H,3-18,21,24H2,1-2H3,(H,29,30,31). The van der Waals surface area contributed by atoms with Crippen LogP contribution in [-0.2, 0) is 12.8 Å². The number of benzene rings is 1. The summed E-state index contributed by atoms with van der Waals surface area (Å²) in [7, 11) is 0. The molecule has 2 rings (SSSR count). The van der Waals surface area contributed by atoms with Crippen molar-refractivity contribution in [2.45, 2.75) is 129 Å². The molecule has 0 atom stereocenters. The molecule has 2 aromatic rings. The number of nitrogens with one attached hydrogen (secondary N) is 1. The van der Waals surface area contributed by atoms with Crippen LogP contribution in [0.3, 0.4) is 0 Å². The first-order valence-electron chi connectivity index (χ1n) is 13.3. The number of unbranched alkanes of at least 4 members (excludes halogenated alkanes) is 14. The Labute approximate surface area is 191 Å². The zero-order valence-electron chi connectivity index (χ0n) is 20.4. The van der Waals surface area contributed by atoms with Gasteiger partial charge in [0.2, 0.25) is 0 Å². The van der Waals surface area contributed by atoms with Crippen LogP contribution < -0.4 is 0 Å². The molecule has 1 N–H and O–H groups in total. The Morgan fingerprint density at radius 2 is 1.13 bits per heavy atom.